The highest BCUT2D eigenvalue weighted by Gasteiger charge is 2.08. The minimum absolute atomic E-state index is 0. The summed E-state index contributed by atoms with van der Waals surface area (Å²) in [6.45, 7) is 3.11. The van der Waals surface area contributed by atoms with E-state index >= 15 is 0 Å². The van der Waals surface area contributed by atoms with E-state index in [1.54, 1.807) is 19.6 Å². The molecule has 0 aliphatic heterocycles. The normalized spacial score (nSPS) is 11.3. The Labute approximate surface area is 189 Å². The van der Waals surface area contributed by atoms with Gasteiger partial charge in [-0.15, -0.1) is 24.0 Å². The molecule has 0 amide bonds. The number of halogens is 1. The molecule has 0 fully saturated rings. The van der Waals surface area contributed by atoms with Gasteiger partial charge in [0, 0.05) is 33.1 Å². The molecule has 0 spiro atoms. The van der Waals surface area contributed by atoms with Crippen molar-refractivity contribution in [3.8, 4) is 0 Å². The highest BCUT2D eigenvalue weighted by atomic mass is 127. The summed E-state index contributed by atoms with van der Waals surface area (Å²) in [6.07, 6.45) is 4.23. The van der Waals surface area contributed by atoms with Gasteiger partial charge in [0.25, 0.3) is 0 Å². The average Bonchev–Trinajstić information content (AvgIpc) is 3.39. The second-order valence-electron chi connectivity index (χ2n) is 6.70. The molecule has 0 atom stereocenters. The molecular weight excluding hydrogens is 479 g/mol. The number of aliphatic imine (C=N–C) groups is 1. The highest BCUT2D eigenvalue weighted by molar-refractivity contribution is 14.0. The van der Waals surface area contributed by atoms with Crippen LogP contribution in [0.25, 0.3) is 0 Å². The predicted octanol–water partition coefficient (Wildman–Crippen LogP) is 4.03. The molecule has 0 bridgehead atoms. The topological polar surface area (TPSA) is 65.9 Å². The van der Waals surface area contributed by atoms with Gasteiger partial charge < -0.3 is 19.5 Å². The van der Waals surface area contributed by atoms with E-state index in [0.717, 1.165) is 43.5 Å². The lowest BCUT2D eigenvalue weighted by Crippen LogP contribution is -2.38. The van der Waals surface area contributed by atoms with Gasteiger partial charge in [0.15, 0.2) is 5.96 Å². The molecule has 7 heteroatoms. The van der Waals surface area contributed by atoms with Crippen LogP contribution in [0.3, 0.4) is 0 Å². The highest BCUT2D eigenvalue weighted by Crippen LogP contribution is 2.13. The maximum absolute atomic E-state index is 5.45. The Hall–Kier alpha value is -2.26. The molecule has 0 saturated heterocycles. The Morgan fingerprint density at radius 2 is 1.59 bits per heavy atom. The predicted molar refractivity (Wildman–Crippen MR) is 126 cm³/mol. The third kappa shape index (κ3) is 7.58. The van der Waals surface area contributed by atoms with Crippen LogP contribution in [0.2, 0.25) is 0 Å². The van der Waals surface area contributed by atoms with Crippen LogP contribution in [0.1, 0.15) is 22.6 Å². The van der Waals surface area contributed by atoms with Crippen LogP contribution in [-0.4, -0.2) is 31.5 Å². The molecule has 0 unspecified atom stereocenters. The van der Waals surface area contributed by atoms with E-state index in [1.807, 2.05) is 24.3 Å². The molecule has 0 aliphatic carbocycles. The summed E-state index contributed by atoms with van der Waals surface area (Å²) in [7, 11) is 3.88. The van der Waals surface area contributed by atoms with E-state index in [2.05, 4.69) is 51.8 Å². The van der Waals surface area contributed by atoms with E-state index in [0.29, 0.717) is 6.54 Å². The molecule has 3 aromatic rings. The molecule has 3 rings (SSSR count). The second-order valence-corrected chi connectivity index (χ2v) is 6.70. The standard InChI is InChI=1S/C22H28N4O2.HI/c1-23-22(24-12-11-20-9-5-13-27-20)25-15-18-7-3-4-8-19(18)16-26(2)17-21-10-6-14-28-21;/h3-10,13-14H,11-12,15-17H2,1-2H3,(H2,23,24,25);1H. The van der Waals surface area contributed by atoms with Gasteiger partial charge in [0.2, 0.25) is 0 Å². The number of furan rings is 2. The third-order valence-corrected chi connectivity index (χ3v) is 4.48. The van der Waals surface area contributed by atoms with Gasteiger partial charge in [-0.05, 0) is 42.4 Å². The molecule has 1 aromatic carbocycles. The van der Waals surface area contributed by atoms with Gasteiger partial charge in [-0.3, -0.25) is 9.89 Å². The largest absolute Gasteiger partial charge is 0.469 e. The summed E-state index contributed by atoms with van der Waals surface area (Å²) in [6, 6.07) is 16.3. The van der Waals surface area contributed by atoms with Crippen molar-refractivity contribution in [3.05, 3.63) is 83.7 Å². The first-order valence-electron chi connectivity index (χ1n) is 9.49. The fraction of sp³-hybridized carbons (Fsp3) is 0.318. The third-order valence-electron chi connectivity index (χ3n) is 4.48. The molecule has 29 heavy (non-hydrogen) atoms. The summed E-state index contributed by atoms with van der Waals surface area (Å²) in [5.74, 6) is 2.72. The molecule has 156 valence electrons. The number of nitrogens with one attached hydrogen (secondary N) is 2. The Morgan fingerprint density at radius 3 is 2.24 bits per heavy atom. The lowest BCUT2D eigenvalue weighted by atomic mass is 10.1. The van der Waals surface area contributed by atoms with Crippen molar-refractivity contribution in [3.63, 3.8) is 0 Å². The quantitative estimate of drug-likeness (QED) is 0.260. The van der Waals surface area contributed by atoms with Gasteiger partial charge in [-0.25, -0.2) is 0 Å². The number of hydrogen-bond donors (Lipinski definition) is 2. The van der Waals surface area contributed by atoms with Crippen LogP contribution in [0, 0.1) is 0 Å². The monoisotopic (exact) mass is 508 g/mol. The Kier molecular flexibility index (Phi) is 9.79. The first-order chi connectivity index (χ1) is 13.7. The zero-order valence-electron chi connectivity index (χ0n) is 16.9. The molecule has 2 heterocycles. The molecular formula is C22H29IN4O2. The van der Waals surface area contributed by atoms with Gasteiger partial charge >= 0.3 is 0 Å². The van der Waals surface area contributed by atoms with E-state index in [1.165, 1.54) is 11.1 Å². The Morgan fingerprint density at radius 1 is 0.897 bits per heavy atom. The van der Waals surface area contributed by atoms with Crippen LogP contribution >= 0.6 is 24.0 Å². The molecule has 2 N–H and O–H groups in total. The van der Waals surface area contributed by atoms with E-state index < -0.39 is 0 Å². The van der Waals surface area contributed by atoms with Gasteiger partial charge in [0.05, 0.1) is 19.1 Å². The zero-order valence-corrected chi connectivity index (χ0v) is 19.3. The van der Waals surface area contributed by atoms with Gasteiger partial charge in [-0.2, -0.15) is 0 Å². The van der Waals surface area contributed by atoms with Crippen LogP contribution in [0.15, 0.2) is 74.9 Å². The summed E-state index contributed by atoms with van der Waals surface area (Å²) in [4.78, 5) is 6.55. The lowest BCUT2D eigenvalue weighted by Gasteiger charge is -2.19. The van der Waals surface area contributed by atoms with Crippen molar-refractivity contribution in [1.29, 1.82) is 0 Å². The summed E-state index contributed by atoms with van der Waals surface area (Å²) in [5.41, 5.74) is 2.54. The molecule has 0 saturated carbocycles. The van der Waals surface area contributed by atoms with Crippen molar-refractivity contribution in [2.24, 2.45) is 4.99 Å². The van der Waals surface area contributed by atoms with Crippen LogP contribution in [0.5, 0.6) is 0 Å². The maximum Gasteiger partial charge on any atom is 0.191 e. The lowest BCUT2D eigenvalue weighted by molar-refractivity contribution is 0.287. The number of rotatable bonds is 9. The number of nitrogens with zero attached hydrogens (tertiary/aromatic N) is 2. The average molecular weight is 508 g/mol. The minimum atomic E-state index is 0. The summed E-state index contributed by atoms with van der Waals surface area (Å²) < 4.78 is 10.8. The number of guanidine groups is 1. The van der Waals surface area contributed by atoms with E-state index in [9.17, 15) is 0 Å². The zero-order chi connectivity index (χ0) is 19.6. The summed E-state index contributed by atoms with van der Waals surface area (Å²) >= 11 is 0. The van der Waals surface area contributed by atoms with E-state index in [-0.39, 0.29) is 24.0 Å². The molecule has 2 aromatic heterocycles. The Bertz CT molecular complexity index is 848. The van der Waals surface area contributed by atoms with Crippen LogP contribution < -0.4 is 10.6 Å². The SMILES string of the molecule is CN=C(NCCc1ccco1)NCc1ccccc1CN(C)Cc1ccco1.I. The first kappa shape index (κ1) is 23.0. The second kappa shape index (κ2) is 12.3. The summed E-state index contributed by atoms with van der Waals surface area (Å²) in [5, 5.41) is 6.72. The smallest absolute Gasteiger partial charge is 0.191 e. The van der Waals surface area contributed by atoms with Crippen molar-refractivity contribution in [2.75, 3.05) is 20.6 Å². The molecule has 0 aliphatic rings. The maximum atomic E-state index is 5.45. The van der Waals surface area contributed by atoms with Gasteiger partial charge in [0.1, 0.15) is 11.5 Å². The van der Waals surface area contributed by atoms with Crippen molar-refractivity contribution in [1.82, 2.24) is 15.5 Å². The van der Waals surface area contributed by atoms with Crippen molar-refractivity contribution < 1.29 is 8.83 Å². The van der Waals surface area contributed by atoms with Gasteiger partial charge in [-0.1, -0.05) is 24.3 Å². The Balaban J connectivity index is 0.00000300. The fourth-order valence-corrected chi connectivity index (χ4v) is 3.06. The van der Waals surface area contributed by atoms with Crippen LogP contribution in [-0.2, 0) is 26.1 Å². The fourth-order valence-electron chi connectivity index (χ4n) is 3.06. The first-order valence-corrected chi connectivity index (χ1v) is 9.49. The van der Waals surface area contributed by atoms with Crippen LogP contribution in [0.4, 0.5) is 0 Å². The number of hydrogen-bond acceptors (Lipinski definition) is 4. The van der Waals surface area contributed by atoms with Crippen molar-refractivity contribution >= 4 is 29.9 Å². The minimum Gasteiger partial charge on any atom is -0.469 e. The van der Waals surface area contributed by atoms with E-state index in [4.69, 9.17) is 8.83 Å². The number of benzene rings is 1. The molecule has 6 nitrogen and oxygen atoms in total. The molecule has 0 radical (unpaired) electrons. The van der Waals surface area contributed by atoms with Crippen molar-refractivity contribution in [2.45, 2.75) is 26.1 Å².